The van der Waals surface area contributed by atoms with Gasteiger partial charge in [0.2, 0.25) is 5.91 Å². The van der Waals surface area contributed by atoms with Gasteiger partial charge < -0.3 is 21.1 Å². The highest BCUT2D eigenvalue weighted by Gasteiger charge is 2.20. The molecule has 3 aromatic carbocycles. The molecule has 0 bridgehead atoms. The molecule has 0 heterocycles. The van der Waals surface area contributed by atoms with Crippen LogP contribution in [-0.2, 0) is 11.2 Å². The summed E-state index contributed by atoms with van der Waals surface area (Å²) >= 11 is 0. The van der Waals surface area contributed by atoms with E-state index < -0.39 is 12.1 Å². The summed E-state index contributed by atoms with van der Waals surface area (Å²) in [6.45, 7) is 2.01. The van der Waals surface area contributed by atoms with Gasteiger partial charge in [-0.25, -0.2) is 4.79 Å². The zero-order chi connectivity index (χ0) is 20.6. The van der Waals surface area contributed by atoms with Gasteiger partial charge in [0.05, 0.1) is 0 Å². The molecular formula is C23H23N3O3. The lowest BCUT2D eigenvalue weighted by atomic mass is 10.1. The quantitative estimate of drug-likeness (QED) is 0.570. The van der Waals surface area contributed by atoms with Crippen LogP contribution in [0.1, 0.15) is 11.1 Å². The highest BCUT2D eigenvalue weighted by Crippen LogP contribution is 2.23. The second-order valence-corrected chi connectivity index (χ2v) is 6.68. The second kappa shape index (κ2) is 9.41. The number of urea groups is 1. The maximum Gasteiger partial charge on any atom is 0.312 e. The number of carbonyl (C=O) groups excluding carboxylic acids is 2. The number of ether oxygens (including phenoxy) is 1. The number of benzene rings is 3. The fraction of sp³-hybridized carbons (Fsp3) is 0.130. The van der Waals surface area contributed by atoms with Gasteiger partial charge in [-0.2, -0.15) is 0 Å². The SMILES string of the molecule is Cc1ccc(Oc2ccc(NC(=O)C(Cc3ccccc3)NC(N)=O)cc2)cc1. The Bertz CT molecular complexity index is 955. The van der Waals surface area contributed by atoms with E-state index >= 15 is 0 Å². The van der Waals surface area contributed by atoms with E-state index in [4.69, 9.17) is 10.5 Å². The molecule has 1 unspecified atom stereocenters. The molecule has 0 radical (unpaired) electrons. The van der Waals surface area contributed by atoms with Crippen LogP contribution < -0.4 is 21.1 Å². The lowest BCUT2D eigenvalue weighted by molar-refractivity contribution is -0.117. The van der Waals surface area contributed by atoms with Gasteiger partial charge in [0.25, 0.3) is 0 Å². The van der Waals surface area contributed by atoms with Crippen molar-refractivity contribution in [2.75, 3.05) is 5.32 Å². The Balaban J connectivity index is 1.64. The molecule has 0 fully saturated rings. The van der Waals surface area contributed by atoms with Crippen LogP contribution in [0.5, 0.6) is 11.5 Å². The zero-order valence-electron chi connectivity index (χ0n) is 16.1. The molecule has 4 N–H and O–H groups in total. The molecule has 6 heteroatoms. The molecule has 3 amide bonds. The van der Waals surface area contributed by atoms with Gasteiger partial charge in [-0.05, 0) is 48.9 Å². The van der Waals surface area contributed by atoms with Crippen molar-refractivity contribution in [3.63, 3.8) is 0 Å². The zero-order valence-corrected chi connectivity index (χ0v) is 16.1. The van der Waals surface area contributed by atoms with E-state index in [9.17, 15) is 9.59 Å². The van der Waals surface area contributed by atoms with Crippen molar-refractivity contribution in [3.05, 3.63) is 90.0 Å². The Labute approximate surface area is 169 Å². The van der Waals surface area contributed by atoms with Crippen LogP contribution in [-0.4, -0.2) is 18.0 Å². The van der Waals surface area contributed by atoms with E-state index in [-0.39, 0.29) is 5.91 Å². The standard InChI is InChI=1S/C23H23N3O3/c1-16-7-11-19(12-8-16)29-20-13-9-18(10-14-20)25-22(27)21(26-23(24)28)15-17-5-3-2-4-6-17/h2-14,21H,15H2,1H3,(H,25,27)(H3,24,26,28). The van der Waals surface area contributed by atoms with Gasteiger partial charge in [-0.1, -0.05) is 48.0 Å². The number of anilines is 1. The number of hydrogen-bond donors (Lipinski definition) is 3. The lowest BCUT2D eigenvalue weighted by Gasteiger charge is -2.17. The van der Waals surface area contributed by atoms with Crippen LogP contribution in [0.3, 0.4) is 0 Å². The number of rotatable bonds is 7. The molecular weight excluding hydrogens is 366 g/mol. The predicted octanol–water partition coefficient (Wildman–Crippen LogP) is 4.01. The van der Waals surface area contributed by atoms with Crippen molar-refractivity contribution in [2.24, 2.45) is 5.73 Å². The Hall–Kier alpha value is -3.80. The maximum atomic E-state index is 12.6. The highest BCUT2D eigenvalue weighted by molar-refractivity contribution is 5.97. The van der Waals surface area contributed by atoms with Crippen molar-refractivity contribution in [2.45, 2.75) is 19.4 Å². The lowest BCUT2D eigenvalue weighted by Crippen LogP contribution is -2.47. The van der Waals surface area contributed by atoms with Gasteiger partial charge in [-0.15, -0.1) is 0 Å². The maximum absolute atomic E-state index is 12.6. The third-order valence-electron chi connectivity index (χ3n) is 4.29. The number of amides is 3. The van der Waals surface area contributed by atoms with Crippen molar-refractivity contribution in [3.8, 4) is 11.5 Å². The molecule has 0 aliphatic heterocycles. The first-order valence-corrected chi connectivity index (χ1v) is 9.25. The molecule has 6 nitrogen and oxygen atoms in total. The van der Waals surface area contributed by atoms with Gasteiger partial charge in [-0.3, -0.25) is 4.79 Å². The van der Waals surface area contributed by atoms with E-state index in [0.29, 0.717) is 17.9 Å². The number of aryl methyl sites for hydroxylation is 1. The highest BCUT2D eigenvalue weighted by atomic mass is 16.5. The normalized spacial score (nSPS) is 11.3. The summed E-state index contributed by atoms with van der Waals surface area (Å²) in [7, 11) is 0. The molecule has 0 spiro atoms. The molecule has 0 aromatic heterocycles. The van der Waals surface area contributed by atoms with Gasteiger partial charge in [0, 0.05) is 12.1 Å². The summed E-state index contributed by atoms with van der Waals surface area (Å²) in [5.74, 6) is 1.05. The van der Waals surface area contributed by atoms with Crippen LogP contribution >= 0.6 is 0 Å². The molecule has 29 heavy (non-hydrogen) atoms. The summed E-state index contributed by atoms with van der Waals surface area (Å²) < 4.78 is 5.79. The van der Waals surface area contributed by atoms with E-state index in [0.717, 1.165) is 16.9 Å². The first-order chi connectivity index (χ1) is 14.0. The fourth-order valence-electron chi connectivity index (χ4n) is 2.81. The summed E-state index contributed by atoms with van der Waals surface area (Å²) in [4.78, 5) is 24.0. The van der Waals surface area contributed by atoms with Crippen LogP contribution in [0, 0.1) is 6.92 Å². The van der Waals surface area contributed by atoms with Crippen molar-refractivity contribution < 1.29 is 14.3 Å². The first kappa shape index (κ1) is 19.9. The average molecular weight is 389 g/mol. The number of carbonyl (C=O) groups is 2. The second-order valence-electron chi connectivity index (χ2n) is 6.68. The minimum Gasteiger partial charge on any atom is -0.457 e. The summed E-state index contributed by atoms with van der Waals surface area (Å²) in [6.07, 6.45) is 0.338. The Morgan fingerprint density at radius 2 is 1.48 bits per heavy atom. The summed E-state index contributed by atoms with van der Waals surface area (Å²) in [5.41, 5.74) is 7.90. The third kappa shape index (κ3) is 6.10. The minimum absolute atomic E-state index is 0.338. The Morgan fingerprint density at radius 1 is 0.897 bits per heavy atom. The number of nitrogens with one attached hydrogen (secondary N) is 2. The number of hydrogen-bond acceptors (Lipinski definition) is 3. The molecule has 3 rings (SSSR count). The van der Waals surface area contributed by atoms with Crippen molar-refractivity contribution >= 4 is 17.6 Å². The van der Waals surface area contributed by atoms with Crippen LogP contribution in [0.2, 0.25) is 0 Å². The molecule has 3 aromatic rings. The van der Waals surface area contributed by atoms with E-state index in [1.165, 1.54) is 0 Å². The molecule has 0 aliphatic carbocycles. The smallest absolute Gasteiger partial charge is 0.312 e. The molecule has 0 saturated carbocycles. The van der Waals surface area contributed by atoms with Crippen LogP contribution in [0.4, 0.5) is 10.5 Å². The number of nitrogens with two attached hydrogens (primary N) is 1. The third-order valence-corrected chi connectivity index (χ3v) is 4.29. The van der Waals surface area contributed by atoms with Crippen LogP contribution in [0.15, 0.2) is 78.9 Å². The predicted molar refractivity (Wildman–Crippen MR) is 113 cm³/mol. The van der Waals surface area contributed by atoms with Gasteiger partial charge >= 0.3 is 6.03 Å². The van der Waals surface area contributed by atoms with E-state index in [2.05, 4.69) is 10.6 Å². The average Bonchev–Trinajstić information content (AvgIpc) is 2.71. The Kier molecular flexibility index (Phi) is 6.47. The van der Waals surface area contributed by atoms with Crippen molar-refractivity contribution in [1.29, 1.82) is 0 Å². The molecule has 1 atom stereocenters. The van der Waals surface area contributed by atoms with Crippen LogP contribution in [0.25, 0.3) is 0 Å². The minimum atomic E-state index is -0.779. The van der Waals surface area contributed by atoms with Gasteiger partial charge in [0.15, 0.2) is 0 Å². The monoisotopic (exact) mass is 389 g/mol. The molecule has 0 saturated heterocycles. The first-order valence-electron chi connectivity index (χ1n) is 9.25. The fourth-order valence-corrected chi connectivity index (χ4v) is 2.81. The summed E-state index contributed by atoms with van der Waals surface area (Å²) in [6, 6.07) is 22.7. The number of primary amides is 1. The largest absolute Gasteiger partial charge is 0.457 e. The Morgan fingerprint density at radius 3 is 2.07 bits per heavy atom. The topological polar surface area (TPSA) is 93.4 Å². The van der Waals surface area contributed by atoms with Crippen molar-refractivity contribution in [1.82, 2.24) is 5.32 Å². The van der Waals surface area contributed by atoms with E-state index in [1.54, 1.807) is 24.3 Å². The summed E-state index contributed by atoms with van der Waals surface area (Å²) in [5, 5.41) is 5.30. The molecule has 148 valence electrons. The van der Waals surface area contributed by atoms with Gasteiger partial charge in [0.1, 0.15) is 17.5 Å². The molecule has 0 aliphatic rings. The van der Waals surface area contributed by atoms with E-state index in [1.807, 2.05) is 61.5 Å².